The molecule has 1 amide bonds. The number of nitrogens with zero attached hydrogens (tertiary/aromatic N) is 1. The Morgan fingerprint density at radius 1 is 1.07 bits per heavy atom. The highest BCUT2D eigenvalue weighted by Gasteiger charge is 2.06. The van der Waals surface area contributed by atoms with Crippen molar-refractivity contribution in [3.63, 3.8) is 0 Å². The summed E-state index contributed by atoms with van der Waals surface area (Å²) in [7, 11) is 0. The van der Waals surface area contributed by atoms with Gasteiger partial charge in [0.05, 0.1) is 12.6 Å². The average Bonchev–Trinajstić information content (AvgIpc) is 2.70. The van der Waals surface area contributed by atoms with Gasteiger partial charge in [-0.3, -0.25) is 4.79 Å². The van der Waals surface area contributed by atoms with Gasteiger partial charge in [-0.15, -0.1) is 0 Å². The molecule has 4 nitrogen and oxygen atoms in total. The molecule has 0 atom stereocenters. The van der Waals surface area contributed by atoms with Crippen LogP contribution < -0.4 is 10.2 Å². The second-order valence-corrected chi connectivity index (χ2v) is 7.55. The number of ether oxygens (including phenoxy) is 1. The maximum atomic E-state index is 13.0. The van der Waals surface area contributed by atoms with E-state index in [9.17, 15) is 9.18 Å². The summed E-state index contributed by atoms with van der Waals surface area (Å²) in [5.74, 6) is 0.0101. The van der Waals surface area contributed by atoms with Crippen molar-refractivity contribution in [2.24, 2.45) is 5.10 Å². The molecule has 0 unspecified atom stereocenters. The first kappa shape index (κ1) is 21.0. The molecule has 0 fully saturated rings. The van der Waals surface area contributed by atoms with E-state index in [4.69, 9.17) is 16.3 Å². The molecule has 0 saturated heterocycles. The number of hydrogen-bond acceptors (Lipinski definition) is 3. The van der Waals surface area contributed by atoms with Crippen LogP contribution in [-0.4, -0.2) is 12.1 Å². The number of carbonyl (C=O) groups is 1. The van der Waals surface area contributed by atoms with Gasteiger partial charge < -0.3 is 4.74 Å². The number of nitrogens with one attached hydrogen (secondary N) is 1. The summed E-state index contributed by atoms with van der Waals surface area (Å²) >= 11 is 9.42. The Kier molecular flexibility index (Phi) is 7.38. The second kappa shape index (κ2) is 10.2. The maximum absolute atomic E-state index is 13.0. The smallest absolute Gasteiger partial charge is 0.244 e. The van der Waals surface area contributed by atoms with Crippen LogP contribution in [0.3, 0.4) is 0 Å². The van der Waals surface area contributed by atoms with Crippen molar-refractivity contribution in [1.29, 1.82) is 0 Å². The summed E-state index contributed by atoms with van der Waals surface area (Å²) in [6, 6.07) is 18.7. The SMILES string of the molecule is O=C(Cc1ccc(Br)cc1)N/N=C/c1cc(Cl)ccc1OCc1ccc(F)cc1. The Bertz CT molecular complexity index is 1010. The van der Waals surface area contributed by atoms with E-state index in [2.05, 4.69) is 26.5 Å². The van der Waals surface area contributed by atoms with E-state index < -0.39 is 0 Å². The Morgan fingerprint density at radius 2 is 1.76 bits per heavy atom. The van der Waals surface area contributed by atoms with Gasteiger partial charge in [-0.25, -0.2) is 9.82 Å². The van der Waals surface area contributed by atoms with Crippen LogP contribution in [0.4, 0.5) is 4.39 Å². The zero-order valence-corrected chi connectivity index (χ0v) is 17.6. The van der Waals surface area contributed by atoms with Crippen molar-refractivity contribution in [2.45, 2.75) is 13.0 Å². The van der Waals surface area contributed by atoms with Crippen LogP contribution in [0.15, 0.2) is 76.3 Å². The monoisotopic (exact) mass is 474 g/mol. The fourth-order valence-electron chi connectivity index (χ4n) is 2.49. The summed E-state index contributed by atoms with van der Waals surface area (Å²) in [6.45, 7) is 0.263. The molecule has 0 bridgehead atoms. The van der Waals surface area contributed by atoms with E-state index in [-0.39, 0.29) is 24.8 Å². The van der Waals surface area contributed by atoms with Crippen molar-refractivity contribution in [1.82, 2.24) is 5.43 Å². The summed E-state index contributed by atoms with van der Waals surface area (Å²) in [5, 5.41) is 4.52. The van der Waals surface area contributed by atoms with Gasteiger partial charge in [0.2, 0.25) is 5.91 Å². The molecule has 0 saturated carbocycles. The normalized spacial score (nSPS) is 10.9. The second-order valence-electron chi connectivity index (χ2n) is 6.19. The average molecular weight is 476 g/mol. The van der Waals surface area contributed by atoms with Gasteiger partial charge >= 0.3 is 0 Å². The highest BCUT2D eigenvalue weighted by Crippen LogP contribution is 2.22. The minimum Gasteiger partial charge on any atom is -0.488 e. The van der Waals surface area contributed by atoms with Crippen LogP contribution in [0.5, 0.6) is 5.75 Å². The molecule has 0 radical (unpaired) electrons. The van der Waals surface area contributed by atoms with E-state index in [1.807, 2.05) is 24.3 Å². The third-order valence-corrected chi connectivity index (χ3v) is 4.71. The molecule has 0 heterocycles. The van der Waals surface area contributed by atoms with Crippen molar-refractivity contribution >= 4 is 39.7 Å². The van der Waals surface area contributed by atoms with Gasteiger partial charge in [-0.2, -0.15) is 5.10 Å². The highest BCUT2D eigenvalue weighted by molar-refractivity contribution is 9.10. The minimum atomic E-state index is -0.299. The quantitative estimate of drug-likeness (QED) is 0.362. The van der Waals surface area contributed by atoms with Gasteiger partial charge in [-0.05, 0) is 53.6 Å². The Balaban J connectivity index is 1.61. The lowest BCUT2D eigenvalue weighted by Gasteiger charge is -2.10. The van der Waals surface area contributed by atoms with Gasteiger partial charge in [0.1, 0.15) is 18.2 Å². The summed E-state index contributed by atoms with van der Waals surface area (Å²) < 4.78 is 19.8. The predicted octanol–water partition coefficient (Wildman–Crippen LogP) is 5.51. The molecule has 0 aliphatic heterocycles. The molecule has 7 heteroatoms. The molecule has 0 spiro atoms. The Hall–Kier alpha value is -2.70. The van der Waals surface area contributed by atoms with Crippen LogP contribution in [0.1, 0.15) is 16.7 Å². The Morgan fingerprint density at radius 3 is 2.48 bits per heavy atom. The minimum absolute atomic E-state index is 0.216. The van der Waals surface area contributed by atoms with E-state index in [1.165, 1.54) is 18.3 Å². The van der Waals surface area contributed by atoms with E-state index >= 15 is 0 Å². The lowest BCUT2D eigenvalue weighted by Crippen LogP contribution is -2.19. The zero-order valence-electron chi connectivity index (χ0n) is 15.2. The highest BCUT2D eigenvalue weighted by atomic mass is 79.9. The molecular formula is C22H17BrClFN2O2. The molecule has 3 aromatic carbocycles. The number of carbonyl (C=O) groups excluding carboxylic acids is 1. The van der Waals surface area contributed by atoms with Crippen LogP contribution in [-0.2, 0) is 17.8 Å². The summed E-state index contributed by atoms with van der Waals surface area (Å²) in [5.41, 5.74) is 4.82. The predicted molar refractivity (Wildman–Crippen MR) is 116 cm³/mol. The van der Waals surface area contributed by atoms with Crippen molar-refractivity contribution in [3.05, 3.63) is 98.7 Å². The van der Waals surface area contributed by atoms with Crippen LogP contribution in [0.25, 0.3) is 0 Å². The van der Waals surface area contributed by atoms with Crippen LogP contribution in [0.2, 0.25) is 5.02 Å². The first-order valence-electron chi connectivity index (χ1n) is 8.73. The molecular weight excluding hydrogens is 459 g/mol. The molecule has 0 aliphatic rings. The molecule has 1 N–H and O–H groups in total. The topological polar surface area (TPSA) is 50.7 Å². The molecule has 148 valence electrons. The molecule has 0 aliphatic carbocycles. The zero-order chi connectivity index (χ0) is 20.6. The lowest BCUT2D eigenvalue weighted by atomic mass is 10.1. The summed E-state index contributed by atoms with van der Waals surface area (Å²) in [6.07, 6.45) is 1.69. The third kappa shape index (κ3) is 6.69. The lowest BCUT2D eigenvalue weighted by molar-refractivity contribution is -0.120. The number of amides is 1. The van der Waals surface area contributed by atoms with E-state index in [0.29, 0.717) is 16.3 Å². The molecule has 0 aromatic heterocycles. The number of hydrogen-bond donors (Lipinski definition) is 1. The van der Waals surface area contributed by atoms with Gasteiger partial charge in [-0.1, -0.05) is 51.8 Å². The largest absolute Gasteiger partial charge is 0.488 e. The number of benzene rings is 3. The van der Waals surface area contributed by atoms with Crippen LogP contribution >= 0.6 is 27.5 Å². The summed E-state index contributed by atoms with van der Waals surface area (Å²) in [4.78, 5) is 12.1. The third-order valence-electron chi connectivity index (χ3n) is 3.95. The number of hydrazone groups is 1. The van der Waals surface area contributed by atoms with Crippen molar-refractivity contribution in [2.75, 3.05) is 0 Å². The van der Waals surface area contributed by atoms with Crippen molar-refractivity contribution in [3.8, 4) is 5.75 Å². The van der Waals surface area contributed by atoms with Gasteiger partial charge in [0, 0.05) is 15.1 Å². The van der Waals surface area contributed by atoms with Gasteiger partial charge in [0.15, 0.2) is 0 Å². The standard InChI is InChI=1S/C22H17BrClFN2O2/c23-18-5-1-15(2-6-18)11-22(28)27-26-13-17-12-19(24)7-10-21(17)29-14-16-3-8-20(25)9-4-16/h1-10,12-13H,11,14H2,(H,27,28)/b26-13+. The fraction of sp³-hybridized carbons (Fsp3) is 0.0909. The molecule has 3 rings (SSSR count). The Labute approximate surface area is 181 Å². The van der Waals surface area contributed by atoms with E-state index in [0.717, 1.165) is 15.6 Å². The first-order valence-corrected chi connectivity index (χ1v) is 9.90. The van der Waals surface area contributed by atoms with Gasteiger partial charge in [0.25, 0.3) is 0 Å². The fourth-order valence-corrected chi connectivity index (χ4v) is 2.94. The maximum Gasteiger partial charge on any atom is 0.244 e. The van der Waals surface area contributed by atoms with Crippen molar-refractivity contribution < 1.29 is 13.9 Å². The molecule has 3 aromatic rings. The van der Waals surface area contributed by atoms with Crippen LogP contribution in [0, 0.1) is 5.82 Å². The van der Waals surface area contributed by atoms with E-state index in [1.54, 1.807) is 30.3 Å². The number of rotatable bonds is 7. The first-order chi connectivity index (χ1) is 14.0. The number of halogens is 3. The molecule has 29 heavy (non-hydrogen) atoms.